The molecule has 2 aromatic carbocycles. The number of hydrogen-bond donors (Lipinski definition) is 0. The predicted octanol–water partition coefficient (Wildman–Crippen LogP) is 4.23. The van der Waals surface area contributed by atoms with Crippen LogP contribution in [0, 0.1) is 17.6 Å². The Hall–Kier alpha value is -2.27. The van der Waals surface area contributed by atoms with Crippen molar-refractivity contribution in [2.75, 3.05) is 18.0 Å². The fraction of sp³-hybridized carbons (Fsp3) is 0.381. The maximum Gasteiger partial charge on any atom is 0.229 e. The minimum atomic E-state index is -0.694. The molecule has 0 bridgehead atoms. The van der Waals surface area contributed by atoms with Gasteiger partial charge in [-0.2, -0.15) is 0 Å². The summed E-state index contributed by atoms with van der Waals surface area (Å²) in [6.07, 6.45) is 0.766. The lowest BCUT2D eigenvalue weighted by atomic mass is 10.1. The molecule has 1 aliphatic heterocycles. The van der Waals surface area contributed by atoms with Gasteiger partial charge in [-0.05, 0) is 24.1 Å². The van der Waals surface area contributed by atoms with Gasteiger partial charge in [-0.3, -0.25) is 9.69 Å². The Balaban J connectivity index is 1.80. The molecule has 3 rings (SSSR count). The van der Waals surface area contributed by atoms with Crippen LogP contribution >= 0.6 is 0 Å². The van der Waals surface area contributed by atoms with Crippen LogP contribution in [0.25, 0.3) is 0 Å². The number of amides is 1. The molecule has 3 nitrogen and oxygen atoms in total. The van der Waals surface area contributed by atoms with Crippen molar-refractivity contribution in [2.24, 2.45) is 5.92 Å². The van der Waals surface area contributed by atoms with Crippen molar-refractivity contribution < 1.29 is 13.6 Å². The van der Waals surface area contributed by atoms with E-state index in [0.29, 0.717) is 6.54 Å². The molecule has 26 heavy (non-hydrogen) atoms. The number of benzene rings is 2. The van der Waals surface area contributed by atoms with Crippen molar-refractivity contribution in [3.05, 3.63) is 65.7 Å². The number of likely N-dealkylation sites (tertiary alicyclic amines) is 1. The normalized spacial score (nSPS) is 17.7. The van der Waals surface area contributed by atoms with E-state index >= 15 is 0 Å². The first kappa shape index (κ1) is 18.5. The zero-order chi connectivity index (χ0) is 18.7. The van der Waals surface area contributed by atoms with E-state index in [1.807, 2.05) is 18.2 Å². The number of hydrogen-bond acceptors (Lipinski definition) is 2. The molecule has 1 saturated heterocycles. The second-order valence-corrected chi connectivity index (χ2v) is 7.12. The van der Waals surface area contributed by atoms with Gasteiger partial charge < -0.3 is 4.90 Å². The third kappa shape index (κ3) is 4.10. The van der Waals surface area contributed by atoms with Gasteiger partial charge in [0.1, 0.15) is 11.6 Å². The van der Waals surface area contributed by atoms with E-state index < -0.39 is 11.6 Å². The third-order valence-corrected chi connectivity index (χ3v) is 4.76. The average Bonchev–Trinajstić information content (AvgIpc) is 3.05. The van der Waals surface area contributed by atoms with Gasteiger partial charge in [0.2, 0.25) is 5.91 Å². The number of rotatable bonds is 5. The highest BCUT2D eigenvalue weighted by Crippen LogP contribution is 2.28. The number of nitrogens with zero attached hydrogens (tertiary/aromatic N) is 2. The number of halogens is 2. The topological polar surface area (TPSA) is 23.6 Å². The maximum atomic E-state index is 14.4. The highest BCUT2D eigenvalue weighted by Gasteiger charge is 2.34. The van der Waals surface area contributed by atoms with Crippen molar-refractivity contribution in [3.63, 3.8) is 0 Å². The molecular formula is C21H24F2N2O. The van der Waals surface area contributed by atoms with E-state index in [1.54, 1.807) is 13.8 Å². The molecule has 0 aromatic heterocycles. The molecule has 0 N–H and O–H groups in total. The molecule has 1 aliphatic rings. The van der Waals surface area contributed by atoms with Crippen LogP contribution in [0.5, 0.6) is 0 Å². The Morgan fingerprint density at radius 2 is 1.92 bits per heavy atom. The fourth-order valence-corrected chi connectivity index (χ4v) is 3.46. The van der Waals surface area contributed by atoms with Gasteiger partial charge in [0.15, 0.2) is 0 Å². The van der Waals surface area contributed by atoms with Gasteiger partial charge >= 0.3 is 0 Å². The number of carbonyl (C=O) groups is 1. The van der Waals surface area contributed by atoms with E-state index in [0.717, 1.165) is 25.6 Å². The Morgan fingerprint density at radius 1 is 1.19 bits per heavy atom. The van der Waals surface area contributed by atoms with Crippen molar-refractivity contribution in [1.82, 2.24) is 4.90 Å². The standard InChI is InChI=1S/C21H24F2N2O/c1-15(2)21(26)25(20-9-8-17(22)12-19(20)23)18-10-11-24(14-18)13-16-6-4-3-5-7-16/h3-9,12,15,18H,10-11,13-14H2,1-2H3. The Labute approximate surface area is 153 Å². The van der Waals surface area contributed by atoms with E-state index in [9.17, 15) is 13.6 Å². The van der Waals surface area contributed by atoms with Gasteiger partial charge in [-0.15, -0.1) is 0 Å². The molecule has 0 radical (unpaired) electrons. The molecule has 5 heteroatoms. The van der Waals surface area contributed by atoms with Gasteiger partial charge in [0.25, 0.3) is 0 Å². The zero-order valence-corrected chi connectivity index (χ0v) is 15.2. The van der Waals surface area contributed by atoms with Crippen LogP contribution in [-0.4, -0.2) is 29.9 Å². The summed E-state index contributed by atoms with van der Waals surface area (Å²) in [6.45, 7) is 5.91. The first-order valence-corrected chi connectivity index (χ1v) is 9.00. The lowest BCUT2D eigenvalue weighted by Gasteiger charge is -2.31. The van der Waals surface area contributed by atoms with Gasteiger partial charge in [-0.25, -0.2) is 8.78 Å². The van der Waals surface area contributed by atoms with Crippen LogP contribution in [0.4, 0.5) is 14.5 Å². The Morgan fingerprint density at radius 3 is 2.58 bits per heavy atom. The maximum absolute atomic E-state index is 14.4. The molecule has 0 saturated carbocycles. The summed E-state index contributed by atoms with van der Waals surface area (Å²) in [5.74, 6) is -1.73. The molecule has 1 amide bonds. The smallest absolute Gasteiger partial charge is 0.229 e. The summed E-state index contributed by atoms with van der Waals surface area (Å²) in [7, 11) is 0. The molecule has 138 valence electrons. The van der Waals surface area contributed by atoms with Crippen LogP contribution in [0.3, 0.4) is 0 Å². The lowest BCUT2D eigenvalue weighted by Crippen LogP contribution is -2.44. The summed E-state index contributed by atoms with van der Waals surface area (Å²) in [4.78, 5) is 16.6. The van der Waals surface area contributed by atoms with Crippen LogP contribution in [-0.2, 0) is 11.3 Å². The van der Waals surface area contributed by atoms with Crippen LogP contribution in [0.15, 0.2) is 48.5 Å². The van der Waals surface area contributed by atoms with Gasteiger partial charge in [0, 0.05) is 31.6 Å². The highest BCUT2D eigenvalue weighted by molar-refractivity contribution is 5.95. The summed E-state index contributed by atoms with van der Waals surface area (Å²) < 4.78 is 27.7. The minimum absolute atomic E-state index is 0.117. The Bertz CT molecular complexity index is 764. The van der Waals surface area contributed by atoms with Crippen molar-refractivity contribution >= 4 is 11.6 Å². The lowest BCUT2D eigenvalue weighted by molar-refractivity contribution is -0.121. The minimum Gasteiger partial charge on any atom is -0.305 e. The van der Waals surface area contributed by atoms with E-state index in [4.69, 9.17) is 0 Å². The highest BCUT2D eigenvalue weighted by atomic mass is 19.1. The number of carbonyl (C=O) groups excluding carboxylic acids is 1. The monoisotopic (exact) mass is 358 g/mol. The molecule has 0 spiro atoms. The molecule has 1 atom stereocenters. The van der Waals surface area contributed by atoms with Gasteiger partial charge in [-0.1, -0.05) is 44.2 Å². The van der Waals surface area contributed by atoms with Crippen LogP contribution in [0.2, 0.25) is 0 Å². The van der Waals surface area contributed by atoms with E-state index in [-0.39, 0.29) is 23.6 Å². The molecular weight excluding hydrogens is 334 g/mol. The molecule has 1 heterocycles. The van der Waals surface area contributed by atoms with Crippen molar-refractivity contribution in [3.8, 4) is 0 Å². The van der Waals surface area contributed by atoms with Gasteiger partial charge in [0.05, 0.1) is 11.7 Å². The van der Waals surface area contributed by atoms with Crippen LogP contribution < -0.4 is 4.90 Å². The number of anilines is 1. The van der Waals surface area contributed by atoms with E-state index in [2.05, 4.69) is 17.0 Å². The zero-order valence-electron chi connectivity index (χ0n) is 15.2. The van der Waals surface area contributed by atoms with Crippen molar-refractivity contribution in [2.45, 2.75) is 32.9 Å². The second-order valence-electron chi connectivity index (χ2n) is 7.12. The molecule has 0 aliphatic carbocycles. The largest absolute Gasteiger partial charge is 0.305 e. The summed E-state index contributed by atoms with van der Waals surface area (Å²) in [6, 6.07) is 13.4. The second kappa shape index (κ2) is 7.96. The SMILES string of the molecule is CC(C)C(=O)N(c1ccc(F)cc1F)C1CCN(Cc2ccccc2)C1. The summed E-state index contributed by atoms with van der Waals surface area (Å²) in [5, 5.41) is 0. The predicted molar refractivity (Wildman–Crippen MR) is 98.8 cm³/mol. The molecule has 1 unspecified atom stereocenters. The Kier molecular flexibility index (Phi) is 5.67. The fourth-order valence-electron chi connectivity index (χ4n) is 3.46. The third-order valence-electron chi connectivity index (χ3n) is 4.76. The first-order valence-electron chi connectivity index (χ1n) is 9.00. The quantitative estimate of drug-likeness (QED) is 0.799. The van der Waals surface area contributed by atoms with Crippen LogP contribution in [0.1, 0.15) is 25.8 Å². The van der Waals surface area contributed by atoms with E-state index in [1.165, 1.54) is 22.6 Å². The first-order chi connectivity index (χ1) is 12.5. The summed E-state index contributed by atoms with van der Waals surface area (Å²) >= 11 is 0. The molecule has 2 aromatic rings. The summed E-state index contributed by atoms with van der Waals surface area (Å²) in [5.41, 5.74) is 1.37. The van der Waals surface area contributed by atoms with Crippen molar-refractivity contribution in [1.29, 1.82) is 0 Å². The molecule has 1 fully saturated rings. The average molecular weight is 358 g/mol.